The quantitative estimate of drug-likeness (QED) is 0.522. The lowest BCUT2D eigenvalue weighted by molar-refractivity contribution is -0.140. The minimum Gasteiger partial charge on any atom is -0.457 e. The molecule has 0 radical (unpaired) electrons. The van der Waals surface area contributed by atoms with Gasteiger partial charge in [-0.1, -0.05) is 30.3 Å². The van der Waals surface area contributed by atoms with Crippen LogP contribution >= 0.6 is 12.2 Å². The Kier molecular flexibility index (Phi) is 6.05. The Morgan fingerprint density at radius 1 is 1.15 bits per heavy atom. The van der Waals surface area contributed by atoms with Gasteiger partial charge in [0.1, 0.15) is 18.1 Å². The summed E-state index contributed by atoms with van der Waals surface area (Å²) in [5.74, 6) is 0.877. The molecule has 1 atom stereocenters. The summed E-state index contributed by atoms with van der Waals surface area (Å²) in [6, 6.07) is 16.2. The first-order valence-electron chi connectivity index (χ1n) is 8.45. The minimum atomic E-state index is -0.584. The van der Waals surface area contributed by atoms with E-state index in [4.69, 9.17) is 21.7 Å². The largest absolute Gasteiger partial charge is 0.457 e. The van der Waals surface area contributed by atoms with E-state index in [0.717, 1.165) is 11.3 Å². The van der Waals surface area contributed by atoms with Crippen molar-refractivity contribution in [3.8, 4) is 11.5 Å². The van der Waals surface area contributed by atoms with Crippen LogP contribution in [0.3, 0.4) is 0 Å². The molecule has 0 spiro atoms. The Hall–Kier alpha value is -2.90. The maximum absolute atomic E-state index is 12.5. The fraction of sp³-hybridized carbons (Fsp3) is 0.200. The molecule has 6 nitrogen and oxygen atoms in total. The van der Waals surface area contributed by atoms with Crippen LogP contribution in [0.15, 0.2) is 65.9 Å². The molecule has 0 bridgehead atoms. The molecule has 1 unspecified atom stereocenters. The number of hydrogen-bond acceptors (Lipinski definition) is 5. The average molecular weight is 384 g/mol. The Morgan fingerprint density at radius 3 is 2.63 bits per heavy atom. The Morgan fingerprint density at radius 2 is 1.89 bits per heavy atom. The van der Waals surface area contributed by atoms with E-state index in [-0.39, 0.29) is 13.2 Å². The van der Waals surface area contributed by atoms with E-state index in [1.807, 2.05) is 54.6 Å². The summed E-state index contributed by atoms with van der Waals surface area (Å²) in [4.78, 5) is 12.5. The number of para-hydroxylation sites is 1. The first-order valence-corrected chi connectivity index (χ1v) is 8.85. The predicted molar refractivity (Wildman–Crippen MR) is 105 cm³/mol. The number of thiocarbonyl (C=S) groups is 1. The molecule has 0 amide bonds. The van der Waals surface area contributed by atoms with Crippen LogP contribution in [0.5, 0.6) is 11.5 Å². The third kappa shape index (κ3) is 4.84. The van der Waals surface area contributed by atoms with Crippen LogP contribution in [0.25, 0.3) is 0 Å². The van der Waals surface area contributed by atoms with E-state index in [9.17, 15) is 9.90 Å². The van der Waals surface area contributed by atoms with Crippen molar-refractivity contribution in [1.29, 1.82) is 0 Å². The maximum atomic E-state index is 12.5. The SMILES string of the molecule is CC1=C(C(=O)OCc2cccc(Oc3ccccc3)c2)C(CO)NC(=S)N1. The lowest BCUT2D eigenvalue weighted by Crippen LogP contribution is -2.51. The predicted octanol–water partition coefficient (Wildman–Crippen LogP) is 2.63. The molecule has 0 fully saturated rings. The summed E-state index contributed by atoms with van der Waals surface area (Å²) in [5, 5.41) is 15.6. The third-order valence-electron chi connectivity index (χ3n) is 4.01. The van der Waals surface area contributed by atoms with Gasteiger partial charge < -0.3 is 25.2 Å². The summed E-state index contributed by atoms with van der Waals surface area (Å²) >= 11 is 5.04. The van der Waals surface area contributed by atoms with Crippen molar-refractivity contribution in [1.82, 2.24) is 10.6 Å². The van der Waals surface area contributed by atoms with Gasteiger partial charge in [0.05, 0.1) is 18.2 Å². The van der Waals surface area contributed by atoms with Crippen LogP contribution in [-0.4, -0.2) is 28.8 Å². The number of ether oxygens (including phenoxy) is 2. The van der Waals surface area contributed by atoms with Crippen LogP contribution < -0.4 is 15.4 Å². The number of hydrogen-bond donors (Lipinski definition) is 3. The number of carbonyl (C=O) groups is 1. The number of allylic oxidation sites excluding steroid dienone is 1. The number of aliphatic hydroxyl groups excluding tert-OH is 1. The number of carbonyl (C=O) groups excluding carboxylic acids is 1. The monoisotopic (exact) mass is 384 g/mol. The highest BCUT2D eigenvalue weighted by Crippen LogP contribution is 2.22. The minimum absolute atomic E-state index is 0.0875. The van der Waals surface area contributed by atoms with Crippen LogP contribution in [-0.2, 0) is 16.1 Å². The van der Waals surface area contributed by atoms with Crippen LogP contribution in [0.1, 0.15) is 12.5 Å². The fourth-order valence-electron chi connectivity index (χ4n) is 2.75. The molecule has 0 saturated heterocycles. The van der Waals surface area contributed by atoms with Crippen molar-refractivity contribution in [2.24, 2.45) is 0 Å². The number of esters is 1. The van der Waals surface area contributed by atoms with Crippen molar-refractivity contribution in [3.63, 3.8) is 0 Å². The second-order valence-electron chi connectivity index (χ2n) is 6.01. The van der Waals surface area contributed by atoms with Gasteiger partial charge in [-0.15, -0.1) is 0 Å². The standard InChI is InChI=1S/C20H20N2O4S/c1-13-18(17(11-23)22-20(27)21-13)19(24)25-12-14-6-5-9-16(10-14)26-15-7-3-2-4-8-15/h2-10,17,23H,11-12H2,1H3,(H2,21,22,27). The molecular formula is C20H20N2O4S. The van der Waals surface area contributed by atoms with Gasteiger partial charge in [-0.05, 0) is 49.0 Å². The summed E-state index contributed by atoms with van der Waals surface area (Å²) < 4.78 is 11.2. The summed E-state index contributed by atoms with van der Waals surface area (Å²) in [5.41, 5.74) is 1.70. The molecule has 1 aliphatic heterocycles. The molecule has 7 heteroatoms. The first kappa shape index (κ1) is 18.9. The van der Waals surface area contributed by atoms with Crippen molar-refractivity contribution in [2.75, 3.05) is 6.61 Å². The van der Waals surface area contributed by atoms with Gasteiger partial charge in [-0.3, -0.25) is 0 Å². The van der Waals surface area contributed by atoms with Crippen molar-refractivity contribution >= 4 is 23.3 Å². The van der Waals surface area contributed by atoms with Crippen molar-refractivity contribution < 1.29 is 19.4 Å². The van der Waals surface area contributed by atoms with Gasteiger partial charge >= 0.3 is 5.97 Å². The van der Waals surface area contributed by atoms with E-state index in [2.05, 4.69) is 10.6 Å². The first-order chi connectivity index (χ1) is 13.1. The highest BCUT2D eigenvalue weighted by Gasteiger charge is 2.29. The highest BCUT2D eigenvalue weighted by molar-refractivity contribution is 7.80. The van der Waals surface area contributed by atoms with Gasteiger partial charge in [-0.2, -0.15) is 0 Å². The lowest BCUT2D eigenvalue weighted by Gasteiger charge is -2.28. The molecule has 27 heavy (non-hydrogen) atoms. The summed E-state index contributed by atoms with van der Waals surface area (Å²) in [6.07, 6.45) is 0. The smallest absolute Gasteiger partial charge is 0.338 e. The van der Waals surface area contributed by atoms with Gasteiger partial charge in [0.25, 0.3) is 0 Å². The molecule has 3 rings (SSSR count). The molecule has 0 aliphatic carbocycles. The Labute approximate surface area is 162 Å². The summed E-state index contributed by atoms with van der Waals surface area (Å²) in [7, 11) is 0. The lowest BCUT2D eigenvalue weighted by atomic mass is 10.0. The topological polar surface area (TPSA) is 79.8 Å². The second kappa shape index (κ2) is 8.66. The van der Waals surface area contributed by atoms with E-state index in [1.54, 1.807) is 6.92 Å². The zero-order valence-corrected chi connectivity index (χ0v) is 15.6. The molecule has 140 valence electrons. The Balaban J connectivity index is 1.66. The highest BCUT2D eigenvalue weighted by atomic mass is 32.1. The zero-order chi connectivity index (χ0) is 19.2. The van der Waals surface area contributed by atoms with Gasteiger partial charge in [0, 0.05) is 5.70 Å². The van der Waals surface area contributed by atoms with E-state index in [0.29, 0.717) is 22.1 Å². The number of nitrogens with one attached hydrogen (secondary N) is 2. The molecule has 3 N–H and O–H groups in total. The maximum Gasteiger partial charge on any atom is 0.338 e. The van der Waals surface area contributed by atoms with Gasteiger partial charge in [0.15, 0.2) is 5.11 Å². The van der Waals surface area contributed by atoms with Gasteiger partial charge in [0.2, 0.25) is 0 Å². The number of aliphatic hydroxyl groups is 1. The molecule has 1 heterocycles. The zero-order valence-electron chi connectivity index (χ0n) is 14.8. The molecule has 0 aromatic heterocycles. The molecule has 2 aromatic carbocycles. The van der Waals surface area contributed by atoms with Crippen LogP contribution in [0, 0.1) is 0 Å². The fourth-order valence-corrected chi connectivity index (χ4v) is 3.04. The molecular weight excluding hydrogens is 364 g/mol. The molecule has 0 saturated carbocycles. The van der Waals surface area contributed by atoms with Gasteiger partial charge in [-0.25, -0.2) is 4.79 Å². The van der Waals surface area contributed by atoms with E-state index >= 15 is 0 Å². The van der Waals surface area contributed by atoms with Crippen LogP contribution in [0.2, 0.25) is 0 Å². The van der Waals surface area contributed by atoms with Crippen LogP contribution in [0.4, 0.5) is 0 Å². The normalized spacial score (nSPS) is 16.4. The average Bonchev–Trinajstić information content (AvgIpc) is 2.66. The summed E-state index contributed by atoms with van der Waals surface area (Å²) in [6.45, 7) is 1.55. The number of benzene rings is 2. The van der Waals surface area contributed by atoms with E-state index in [1.165, 1.54) is 0 Å². The molecule has 1 aliphatic rings. The molecule has 2 aromatic rings. The second-order valence-corrected chi connectivity index (χ2v) is 6.42. The van der Waals surface area contributed by atoms with Crippen molar-refractivity contribution in [2.45, 2.75) is 19.6 Å². The number of rotatable bonds is 6. The Bertz CT molecular complexity index is 867. The third-order valence-corrected chi connectivity index (χ3v) is 4.23. The van der Waals surface area contributed by atoms with Crippen molar-refractivity contribution in [3.05, 3.63) is 71.4 Å². The van der Waals surface area contributed by atoms with E-state index < -0.39 is 12.0 Å².